The lowest BCUT2D eigenvalue weighted by atomic mass is 9.91. The van der Waals surface area contributed by atoms with E-state index in [0.29, 0.717) is 13.0 Å². The zero-order valence-electron chi connectivity index (χ0n) is 13.4. The molecule has 4 rings (SSSR count). The van der Waals surface area contributed by atoms with Gasteiger partial charge in [0.2, 0.25) is 5.91 Å². The van der Waals surface area contributed by atoms with Crippen molar-refractivity contribution >= 4 is 22.4 Å². The van der Waals surface area contributed by atoms with Gasteiger partial charge in [0.05, 0.1) is 18.2 Å². The predicted molar refractivity (Wildman–Crippen MR) is 91.4 cm³/mol. The van der Waals surface area contributed by atoms with Crippen molar-refractivity contribution in [3.8, 4) is 5.75 Å². The monoisotopic (exact) mass is 328 g/mol. The number of hydrogen-bond acceptors (Lipinski definition) is 4. The Bertz CT molecular complexity index is 766. The summed E-state index contributed by atoms with van der Waals surface area (Å²) in [6, 6.07) is 7.79. The van der Waals surface area contributed by atoms with Gasteiger partial charge in [0.15, 0.2) is 5.13 Å². The number of amides is 1. The third-order valence-electron chi connectivity index (χ3n) is 4.82. The molecule has 0 saturated carbocycles. The van der Waals surface area contributed by atoms with Crippen molar-refractivity contribution in [2.24, 2.45) is 0 Å². The summed E-state index contributed by atoms with van der Waals surface area (Å²) in [7, 11) is 0. The maximum atomic E-state index is 12.7. The van der Waals surface area contributed by atoms with Crippen LogP contribution in [-0.2, 0) is 16.6 Å². The zero-order chi connectivity index (χ0) is 16.0. The average molecular weight is 328 g/mol. The number of nitrogens with one attached hydrogen (secondary N) is 1. The highest BCUT2D eigenvalue weighted by Gasteiger charge is 2.34. The number of carbonyl (C=O) groups excluding carboxylic acids is 1. The minimum absolute atomic E-state index is 0.0194. The van der Waals surface area contributed by atoms with Crippen LogP contribution >= 0.6 is 11.3 Å². The van der Waals surface area contributed by atoms with Crippen molar-refractivity contribution in [2.45, 2.75) is 44.4 Å². The van der Waals surface area contributed by atoms with Crippen LogP contribution in [0.5, 0.6) is 5.75 Å². The van der Waals surface area contributed by atoms with Crippen LogP contribution in [0.4, 0.5) is 5.13 Å². The first-order chi connectivity index (χ1) is 11.0. The van der Waals surface area contributed by atoms with Gasteiger partial charge >= 0.3 is 0 Å². The minimum Gasteiger partial charge on any atom is -0.493 e. The van der Waals surface area contributed by atoms with E-state index in [2.05, 4.69) is 24.1 Å². The molecule has 2 heterocycles. The van der Waals surface area contributed by atoms with Crippen LogP contribution < -0.4 is 10.1 Å². The molecule has 1 N–H and O–H groups in total. The number of nitrogens with zero attached hydrogens (tertiary/aromatic N) is 1. The normalized spacial score (nSPS) is 21.2. The maximum absolute atomic E-state index is 12.7. The number of hydrogen-bond donors (Lipinski definition) is 1. The van der Waals surface area contributed by atoms with Crippen LogP contribution in [0.25, 0.3) is 0 Å². The summed E-state index contributed by atoms with van der Waals surface area (Å²) in [4.78, 5) is 18.7. The van der Waals surface area contributed by atoms with Crippen LogP contribution in [0.1, 0.15) is 48.7 Å². The Hall–Kier alpha value is -1.88. The summed E-state index contributed by atoms with van der Waals surface area (Å²) >= 11 is 1.62. The Labute approximate surface area is 139 Å². The van der Waals surface area contributed by atoms with Gasteiger partial charge in [-0.05, 0) is 25.3 Å². The summed E-state index contributed by atoms with van der Waals surface area (Å²) < 4.78 is 5.64. The Morgan fingerprint density at radius 3 is 3.04 bits per heavy atom. The van der Waals surface area contributed by atoms with Crippen molar-refractivity contribution in [3.05, 3.63) is 40.4 Å². The second kappa shape index (κ2) is 5.34. The largest absolute Gasteiger partial charge is 0.493 e. The first-order valence-electron chi connectivity index (χ1n) is 8.07. The fraction of sp³-hybridized carbons (Fsp3) is 0.444. The van der Waals surface area contributed by atoms with Gasteiger partial charge in [-0.15, -0.1) is 11.3 Å². The molecule has 1 amide bonds. The molecular weight excluding hydrogens is 308 g/mol. The highest BCUT2D eigenvalue weighted by molar-refractivity contribution is 7.16. The van der Waals surface area contributed by atoms with Gasteiger partial charge < -0.3 is 10.1 Å². The topological polar surface area (TPSA) is 51.2 Å². The van der Waals surface area contributed by atoms with E-state index in [9.17, 15) is 4.79 Å². The molecule has 1 atom stereocenters. The Morgan fingerprint density at radius 1 is 1.39 bits per heavy atom. The molecule has 23 heavy (non-hydrogen) atoms. The van der Waals surface area contributed by atoms with Gasteiger partial charge in [0.1, 0.15) is 5.75 Å². The van der Waals surface area contributed by atoms with Crippen LogP contribution in [0, 0.1) is 0 Å². The summed E-state index contributed by atoms with van der Waals surface area (Å²) in [5.74, 6) is 0.680. The predicted octanol–water partition coefficient (Wildman–Crippen LogP) is 3.87. The van der Waals surface area contributed by atoms with Crippen LogP contribution in [-0.4, -0.2) is 17.5 Å². The van der Waals surface area contributed by atoms with Crippen molar-refractivity contribution in [1.29, 1.82) is 0 Å². The fourth-order valence-electron chi connectivity index (χ4n) is 3.45. The lowest BCUT2D eigenvalue weighted by Crippen LogP contribution is -2.26. The van der Waals surface area contributed by atoms with Gasteiger partial charge in [-0.25, -0.2) is 4.98 Å². The second-order valence-electron chi connectivity index (χ2n) is 6.89. The van der Waals surface area contributed by atoms with Gasteiger partial charge in [-0.2, -0.15) is 0 Å². The quantitative estimate of drug-likeness (QED) is 0.910. The van der Waals surface area contributed by atoms with E-state index in [1.54, 1.807) is 11.3 Å². The molecule has 5 heteroatoms. The molecule has 1 aliphatic carbocycles. The van der Waals surface area contributed by atoms with Gasteiger partial charge in [0.25, 0.3) is 0 Å². The summed E-state index contributed by atoms with van der Waals surface area (Å²) in [6.07, 6.45) is 2.91. The molecule has 1 unspecified atom stereocenters. The first-order valence-corrected chi connectivity index (χ1v) is 8.89. The van der Waals surface area contributed by atoms with E-state index in [4.69, 9.17) is 4.74 Å². The lowest BCUT2D eigenvalue weighted by Gasteiger charge is -2.24. The molecule has 0 saturated heterocycles. The van der Waals surface area contributed by atoms with E-state index < -0.39 is 0 Å². The number of ether oxygens (including phenoxy) is 1. The summed E-state index contributed by atoms with van der Waals surface area (Å²) in [6.45, 7) is 5.02. The molecule has 2 aliphatic rings. The highest BCUT2D eigenvalue weighted by Crippen LogP contribution is 2.42. The number of aryl methyl sites for hydroxylation is 1. The number of rotatable bonds is 2. The first kappa shape index (κ1) is 14.7. The molecule has 0 radical (unpaired) electrons. The number of fused-ring (bicyclic) bond motifs is 2. The standard InChI is InChI=1S/C18H20N2O2S/c1-18(2)9-7-14-15(18)19-17(23-14)20-16(21)12-8-10-22-13-6-4-3-5-11(12)13/h3-6,12H,7-10H2,1-2H3,(H,19,20,21). The van der Waals surface area contributed by atoms with Crippen LogP contribution in [0.15, 0.2) is 24.3 Å². The molecule has 4 nitrogen and oxygen atoms in total. The van der Waals surface area contributed by atoms with E-state index in [1.165, 1.54) is 4.88 Å². The molecular formula is C18H20N2O2S. The van der Waals surface area contributed by atoms with E-state index in [-0.39, 0.29) is 17.2 Å². The molecule has 0 fully saturated rings. The second-order valence-corrected chi connectivity index (χ2v) is 7.98. The van der Waals surface area contributed by atoms with Crippen molar-refractivity contribution in [1.82, 2.24) is 4.98 Å². The van der Waals surface area contributed by atoms with E-state index in [0.717, 1.165) is 35.0 Å². The molecule has 1 aliphatic heterocycles. The number of para-hydroxylation sites is 1. The fourth-order valence-corrected chi connectivity index (χ4v) is 4.60. The molecule has 0 bridgehead atoms. The number of anilines is 1. The van der Waals surface area contributed by atoms with E-state index >= 15 is 0 Å². The lowest BCUT2D eigenvalue weighted by molar-refractivity contribution is -0.118. The SMILES string of the molecule is CC1(C)CCc2sc(NC(=O)C3CCOc4ccccc43)nc21. The summed E-state index contributed by atoms with van der Waals surface area (Å²) in [5.41, 5.74) is 2.26. The molecule has 0 spiro atoms. The Kier molecular flexibility index (Phi) is 3.41. The number of carbonyl (C=O) groups is 1. The van der Waals surface area contributed by atoms with Crippen molar-refractivity contribution in [3.63, 3.8) is 0 Å². The van der Waals surface area contributed by atoms with Crippen LogP contribution in [0.2, 0.25) is 0 Å². The molecule has 1 aromatic heterocycles. The zero-order valence-corrected chi connectivity index (χ0v) is 14.2. The molecule has 120 valence electrons. The van der Waals surface area contributed by atoms with Crippen LogP contribution in [0.3, 0.4) is 0 Å². The van der Waals surface area contributed by atoms with Gasteiger partial charge in [-0.1, -0.05) is 32.0 Å². The maximum Gasteiger partial charge on any atom is 0.233 e. The van der Waals surface area contributed by atoms with E-state index in [1.807, 2.05) is 24.3 Å². The Morgan fingerprint density at radius 2 is 2.22 bits per heavy atom. The van der Waals surface area contributed by atoms with Crippen molar-refractivity contribution in [2.75, 3.05) is 11.9 Å². The number of thiazole rings is 1. The van der Waals surface area contributed by atoms with Crippen molar-refractivity contribution < 1.29 is 9.53 Å². The van der Waals surface area contributed by atoms with Gasteiger partial charge in [0, 0.05) is 15.9 Å². The molecule has 1 aromatic carbocycles. The Balaban J connectivity index is 1.56. The summed E-state index contributed by atoms with van der Waals surface area (Å²) in [5, 5.41) is 3.77. The van der Waals surface area contributed by atoms with Gasteiger partial charge in [-0.3, -0.25) is 4.79 Å². The number of benzene rings is 1. The number of aromatic nitrogens is 1. The third kappa shape index (κ3) is 2.53. The highest BCUT2D eigenvalue weighted by atomic mass is 32.1. The smallest absolute Gasteiger partial charge is 0.233 e. The third-order valence-corrected chi connectivity index (χ3v) is 5.85. The molecule has 2 aromatic rings. The minimum atomic E-state index is -0.160. The average Bonchev–Trinajstić information content (AvgIpc) is 3.07.